The van der Waals surface area contributed by atoms with Crippen molar-refractivity contribution in [2.24, 2.45) is 5.92 Å². The zero-order valence-electron chi connectivity index (χ0n) is 18.7. The average molecular weight is 471 g/mol. The van der Waals surface area contributed by atoms with Gasteiger partial charge in [-0.3, -0.25) is 14.5 Å². The molecule has 0 saturated carbocycles. The molecule has 2 amide bonds. The molecule has 2 fully saturated rings. The first-order chi connectivity index (χ1) is 16.0. The Kier molecular flexibility index (Phi) is 7.73. The maximum Gasteiger partial charge on any atom is 0.238 e. The van der Waals surface area contributed by atoms with E-state index in [-0.39, 0.29) is 23.5 Å². The van der Waals surface area contributed by atoms with Crippen molar-refractivity contribution in [3.05, 3.63) is 47.5 Å². The predicted molar refractivity (Wildman–Crippen MR) is 132 cm³/mol. The van der Waals surface area contributed by atoms with Gasteiger partial charge in [0.1, 0.15) is 5.75 Å². The highest BCUT2D eigenvalue weighted by atomic mass is 35.5. The van der Waals surface area contributed by atoms with Crippen molar-refractivity contribution in [3.63, 3.8) is 0 Å². The fourth-order valence-corrected chi connectivity index (χ4v) is 4.68. The van der Waals surface area contributed by atoms with Crippen LogP contribution in [0.15, 0.2) is 42.5 Å². The average Bonchev–Trinajstić information content (AvgIpc) is 2.83. The summed E-state index contributed by atoms with van der Waals surface area (Å²) in [6.07, 6.45) is 5.09. The third kappa shape index (κ3) is 6.39. The fourth-order valence-electron chi connectivity index (χ4n) is 4.51. The van der Waals surface area contributed by atoms with E-state index >= 15 is 0 Å². The number of nitrogens with zero attached hydrogens (tertiary/aromatic N) is 2. The summed E-state index contributed by atoms with van der Waals surface area (Å²) >= 11 is 5.95. The highest BCUT2D eigenvalue weighted by Crippen LogP contribution is 2.28. The van der Waals surface area contributed by atoms with Gasteiger partial charge in [-0.25, -0.2) is 0 Å². The predicted octanol–water partition coefficient (Wildman–Crippen LogP) is 4.33. The topological polar surface area (TPSA) is 84.9 Å². The van der Waals surface area contributed by atoms with Crippen LogP contribution >= 0.6 is 11.6 Å². The Labute approximate surface area is 199 Å². The number of hydrogen-bond donors (Lipinski definition) is 3. The molecule has 0 aromatic heterocycles. The summed E-state index contributed by atoms with van der Waals surface area (Å²) in [4.78, 5) is 29.5. The Morgan fingerprint density at radius 1 is 0.939 bits per heavy atom. The van der Waals surface area contributed by atoms with E-state index in [0.29, 0.717) is 43.2 Å². The summed E-state index contributed by atoms with van der Waals surface area (Å²) in [7, 11) is 0. The quantitative estimate of drug-likeness (QED) is 0.547. The Morgan fingerprint density at radius 2 is 1.64 bits per heavy atom. The maximum atomic E-state index is 12.6. The minimum absolute atomic E-state index is 0.00850. The van der Waals surface area contributed by atoms with E-state index in [1.165, 1.54) is 37.1 Å². The molecule has 0 aliphatic carbocycles. The molecule has 2 aliphatic heterocycles. The van der Waals surface area contributed by atoms with E-state index in [4.69, 9.17) is 11.6 Å². The van der Waals surface area contributed by atoms with Gasteiger partial charge in [-0.1, -0.05) is 11.6 Å². The van der Waals surface area contributed by atoms with Crippen LogP contribution in [0.2, 0.25) is 5.02 Å². The van der Waals surface area contributed by atoms with Crippen LogP contribution in [0.4, 0.5) is 17.1 Å². The lowest BCUT2D eigenvalue weighted by Gasteiger charge is -2.31. The van der Waals surface area contributed by atoms with Gasteiger partial charge in [0.05, 0.1) is 12.2 Å². The number of carbonyl (C=O) groups is 2. The Balaban J connectivity index is 1.21. The van der Waals surface area contributed by atoms with E-state index in [1.54, 1.807) is 6.07 Å². The summed E-state index contributed by atoms with van der Waals surface area (Å²) in [5, 5.41) is 16.1. The molecule has 2 aromatic carbocycles. The van der Waals surface area contributed by atoms with Crippen LogP contribution < -0.4 is 15.5 Å². The highest BCUT2D eigenvalue weighted by molar-refractivity contribution is 6.31. The highest BCUT2D eigenvalue weighted by Gasteiger charge is 2.26. The first-order valence-electron chi connectivity index (χ1n) is 11.6. The molecule has 8 heteroatoms. The molecule has 2 aliphatic rings. The van der Waals surface area contributed by atoms with Crippen molar-refractivity contribution in [1.29, 1.82) is 0 Å². The summed E-state index contributed by atoms with van der Waals surface area (Å²) < 4.78 is 0. The normalized spacial score (nSPS) is 17.5. The summed E-state index contributed by atoms with van der Waals surface area (Å²) in [6, 6.07) is 12.6. The lowest BCUT2D eigenvalue weighted by molar-refractivity contribution is -0.121. The van der Waals surface area contributed by atoms with Crippen LogP contribution in [0.3, 0.4) is 0 Å². The number of anilines is 3. The van der Waals surface area contributed by atoms with Gasteiger partial charge in [0.2, 0.25) is 11.8 Å². The van der Waals surface area contributed by atoms with Crippen LogP contribution in [-0.4, -0.2) is 54.5 Å². The molecule has 33 heavy (non-hydrogen) atoms. The SMILES string of the molecule is O=C(CN1CCC(C(=O)Nc2cc(Cl)ccc2O)CC1)Nc1ccc(N2CCCCC2)cc1. The molecule has 0 unspecified atom stereocenters. The second-order valence-electron chi connectivity index (χ2n) is 8.84. The van der Waals surface area contributed by atoms with Crippen molar-refractivity contribution < 1.29 is 14.7 Å². The fraction of sp³-hybridized carbons (Fsp3) is 0.440. The molecule has 7 nitrogen and oxygen atoms in total. The monoisotopic (exact) mass is 470 g/mol. The number of likely N-dealkylation sites (tertiary alicyclic amines) is 1. The molecule has 3 N–H and O–H groups in total. The number of phenols is 1. The zero-order chi connectivity index (χ0) is 23.2. The number of amides is 2. The van der Waals surface area contributed by atoms with E-state index in [1.807, 2.05) is 12.1 Å². The third-order valence-electron chi connectivity index (χ3n) is 6.41. The maximum absolute atomic E-state index is 12.6. The van der Waals surface area contributed by atoms with Crippen LogP contribution in [0.5, 0.6) is 5.75 Å². The number of nitrogens with one attached hydrogen (secondary N) is 2. The van der Waals surface area contributed by atoms with E-state index in [9.17, 15) is 14.7 Å². The number of hydrogen-bond acceptors (Lipinski definition) is 5. The molecule has 2 aromatic rings. The summed E-state index contributed by atoms with van der Waals surface area (Å²) in [6.45, 7) is 3.83. The Hall–Kier alpha value is -2.77. The number of benzene rings is 2. The van der Waals surface area contributed by atoms with Crippen LogP contribution in [0.1, 0.15) is 32.1 Å². The minimum Gasteiger partial charge on any atom is -0.506 e. The number of piperidine rings is 2. The second-order valence-corrected chi connectivity index (χ2v) is 9.28. The standard InChI is InChI=1S/C25H31ClN4O3/c26-19-4-9-23(31)22(16-19)28-25(33)18-10-14-29(15-11-18)17-24(32)27-20-5-7-21(8-6-20)30-12-2-1-3-13-30/h4-9,16,18,31H,1-3,10-15,17H2,(H,27,32)(H,28,33). The molecule has 2 heterocycles. The van der Waals surface area contributed by atoms with Gasteiger partial charge in [-0.15, -0.1) is 0 Å². The Bertz CT molecular complexity index is 968. The van der Waals surface area contributed by atoms with Crippen molar-refractivity contribution in [1.82, 2.24) is 4.90 Å². The van der Waals surface area contributed by atoms with Crippen LogP contribution in [-0.2, 0) is 9.59 Å². The lowest BCUT2D eigenvalue weighted by Crippen LogP contribution is -2.41. The summed E-state index contributed by atoms with van der Waals surface area (Å²) in [5.41, 5.74) is 2.33. The molecular weight excluding hydrogens is 440 g/mol. The van der Waals surface area contributed by atoms with Gasteiger partial charge in [-0.2, -0.15) is 0 Å². The van der Waals surface area contributed by atoms with E-state index < -0.39 is 0 Å². The van der Waals surface area contributed by atoms with Crippen LogP contribution in [0.25, 0.3) is 0 Å². The molecule has 2 saturated heterocycles. The number of carbonyl (C=O) groups excluding carboxylic acids is 2. The molecular formula is C25H31ClN4O3. The van der Waals surface area contributed by atoms with Crippen molar-refractivity contribution in [2.45, 2.75) is 32.1 Å². The number of halogens is 1. The molecule has 4 rings (SSSR count). The molecule has 0 radical (unpaired) electrons. The van der Waals surface area contributed by atoms with Gasteiger partial charge in [0, 0.05) is 35.4 Å². The van der Waals surface area contributed by atoms with Crippen molar-refractivity contribution in [2.75, 3.05) is 48.3 Å². The summed E-state index contributed by atoms with van der Waals surface area (Å²) in [5.74, 6) is -0.353. The lowest BCUT2D eigenvalue weighted by atomic mass is 9.95. The van der Waals surface area contributed by atoms with E-state index in [0.717, 1.165) is 18.8 Å². The van der Waals surface area contributed by atoms with E-state index in [2.05, 4.69) is 32.6 Å². The van der Waals surface area contributed by atoms with Crippen molar-refractivity contribution >= 4 is 40.5 Å². The zero-order valence-corrected chi connectivity index (χ0v) is 19.5. The second kappa shape index (κ2) is 10.9. The molecule has 0 bridgehead atoms. The van der Waals surface area contributed by atoms with Gasteiger partial charge in [0.25, 0.3) is 0 Å². The first-order valence-corrected chi connectivity index (χ1v) is 12.0. The van der Waals surface area contributed by atoms with Crippen LogP contribution in [0, 0.1) is 5.92 Å². The molecule has 0 atom stereocenters. The molecule has 176 valence electrons. The number of aromatic hydroxyl groups is 1. The van der Waals surface area contributed by atoms with Gasteiger partial charge in [-0.05, 0) is 87.7 Å². The van der Waals surface area contributed by atoms with Gasteiger partial charge < -0.3 is 20.6 Å². The Morgan fingerprint density at radius 3 is 2.33 bits per heavy atom. The minimum atomic E-state index is -0.162. The van der Waals surface area contributed by atoms with Crippen molar-refractivity contribution in [3.8, 4) is 5.75 Å². The number of phenolic OH excluding ortho intramolecular Hbond substituents is 1. The first kappa shape index (κ1) is 23.4. The van der Waals surface area contributed by atoms with Gasteiger partial charge in [0.15, 0.2) is 0 Å². The van der Waals surface area contributed by atoms with Gasteiger partial charge >= 0.3 is 0 Å². The molecule has 0 spiro atoms. The number of rotatable bonds is 6. The smallest absolute Gasteiger partial charge is 0.238 e. The third-order valence-corrected chi connectivity index (χ3v) is 6.65. The largest absolute Gasteiger partial charge is 0.506 e.